The maximum Gasteiger partial charge on any atom is 0.338 e. The van der Waals surface area contributed by atoms with Crippen LogP contribution in [0.25, 0.3) is 0 Å². The number of amides is 2. The van der Waals surface area contributed by atoms with Gasteiger partial charge in [0, 0.05) is 44.0 Å². The van der Waals surface area contributed by atoms with Crippen molar-refractivity contribution in [3.05, 3.63) is 46.2 Å². The smallest absolute Gasteiger partial charge is 0.338 e. The van der Waals surface area contributed by atoms with Crippen LogP contribution >= 0.6 is 0 Å². The molecule has 7 heteroatoms. The van der Waals surface area contributed by atoms with Crippen LogP contribution in [-0.4, -0.2) is 66.7 Å². The predicted octanol–water partition coefficient (Wildman–Crippen LogP) is 4.06. The van der Waals surface area contributed by atoms with Gasteiger partial charge in [-0.15, -0.1) is 0 Å². The second-order valence-corrected chi connectivity index (χ2v) is 12.4. The highest BCUT2D eigenvalue weighted by atomic mass is 16.5. The van der Waals surface area contributed by atoms with Crippen LogP contribution in [-0.2, 0) is 9.53 Å². The van der Waals surface area contributed by atoms with Gasteiger partial charge in [-0.1, -0.05) is 23.8 Å². The number of nitrogens with zero attached hydrogens (tertiary/aromatic N) is 2. The molecule has 0 radical (unpaired) electrons. The molecule has 6 aliphatic rings. The molecule has 4 bridgehead atoms. The van der Waals surface area contributed by atoms with Crippen molar-refractivity contribution in [3.63, 3.8) is 0 Å². The van der Waals surface area contributed by atoms with Crippen LogP contribution in [0.3, 0.4) is 0 Å². The number of piperazine rings is 1. The van der Waals surface area contributed by atoms with Crippen LogP contribution in [0, 0.1) is 31.6 Å². The highest BCUT2D eigenvalue weighted by molar-refractivity contribution is 5.95. The van der Waals surface area contributed by atoms with E-state index >= 15 is 0 Å². The van der Waals surface area contributed by atoms with E-state index in [2.05, 4.69) is 32.6 Å². The zero-order valence-corrected chi connectivity index (χ0v) is 22.6. The molecule has 1 saturated heterocycles. The van der Waals surface area contributed by atoms with Crippen LogP contribution < -0.4 is 10.6 Å². The first-order chi connectivity index (χ1) is 17.8. The van der Waals surface area contributed by atoms with Gasteiger partial charge >= 0.3 is 12.0 Å². The molecule has 1 aromatic rings. The van der Waals surface area contributed by atoms with Gasteiger partial charge in [-0.2, -0.15) is 0 Å². The van der Waals surface area contributed by atoms with E-state index in [1.165, 1.54) is 38.5 Å². The topological polar surface area (TPSA) is 73.9 Å². The van der Waals surface area contributed by atoms with Crippen molar-refractivity contribution in [2.45, 2.75) is 70.9 Å². The molecular weight excluding hydrogens is 464 g/mol. The molecule has 2 aliphatic heterocycles. The van der Waals surface area contributed by atoms with Crippen molar-refractivity contribution in [2.24, 2.45) is 17.8 Å². The molecule has 4 aliphatic carbocycles. The molecule has 1 aromatic carbocycles. The molecule has 37 heavy (non-hydrogen) atoms. The fourth-order valence-electron chi connectivity index (χ4n) is 8.55. The van der Waals surface area contributed by atoms with E-state index in [1.54, 1.807) is 0 Å². The average molecular weight is 507 g/mol. The molecule has 7 nitrogen and oxygen atoms in total. The van der Waals surface area contributed by atoms with Crippen LogP contribution in [0.1, 0.15) is 68.2 Å². The summed E-state index contributed by atoms with van der Waals surface area (Å²) in [6, 6.07) is 5.38. The number of hydrogen-bond donors (Lipinski definition) is 2. The van der Waals surface area contributed by atoms with Crippen molar-refractivity contribution in [3.8, 4) is 0 Å². The number of rotatable bonds is 6. The molecule has 4 saturated carbocycles. The lowest BCUT2D eigenvalue weighted by molar-refractivity contribution is -0.139. The lowest BCUT2D eigenvalue weighted by Crippen LogP contribution is -2.64. The minimum Gasteiger partial charge on any atom is -0.463 e. The monoisotopic (exact) mass is 506 g/mol. The Kier molecular flexibility index (Phi) is 6.56. The molecule has 200 valence electrons. The lowest BCUT2D eigenvalue weighted by Gasteiger charge is -2.61. The van der Waals surface area contributed by atoms with E-state index in [0.29, 0.717) is 30.0 Å². The third-order valence-corrected chi connectivity index (χ3v) is 9.83. The maximum atomic E-state index is 13.3. The molecule has 2 amide bonds. The molecule has 1 atom stereocenters. The van der Waals surface area contributed by atoms with Crippen molar-refractivity contribution in [1.29, 1.82) is 0 Å². The maximum absolute atomic E-state index is 13.3. The third kappa shape index (κ3) is 4.69. The fourth-order valence-corrected chi connectivity index (χ4v) is 8.55. The number of esters is 1. The van der Waals surface area contributed by atoms with Gasteiger partial charge in [-0.05, 0) is 88.2 Å². The zero-order chi connectivity index (χ0) is 25.7. The standard InChI is InChI=1S/C30H42N4O3/c1-4-37-28(35)26-25(31-29(36)32-27(26)24-11-19(2)5-6-20(24)3)18-33-7-9-34(10-8-33)30-15-21-12-22(16-30)14-23(13-21)17-30/h5-6,11,21-23,27H,4,7-10,12-18H2,1-3H3,(H2,31,32,36)/t21?,22?,23?,27-,30?/m0/s1. The van der Waals surface area contributed by atoms with Gasteiger partial charge in [0.2, 0.25) is 0 Å². The van der Waals surface area contributed by atoms with E-state index in [4.69, 9.17) is 4.74 Å². The van der Waals surface area contributed by atoms with E-state index in [9.17, 15) is 9.59 Å². The molecule has 2 N–H and O–H groups in total. The number of ether oxygens (including phenoxy) is 1. The Labute approximate surface area is 221 Å². The Hall–Kier alpha value is -2.38. The minimum atomic E-state index is -0.518. The Bertz CT molecular complexity index is 1070. The van der Waals surface area contributed by atoms with Crippen molar-refractivity contribution in [2.75, 3.05) is 39.3 Å². The second kappa shape index (κ2) is 9.73. The summed E-state index contributed by atoms with van der Waals surface area (Å²) in [5.41, 5.74) is 4.73. The normalized spacial score (nSPS) is 33.9. The summed E-state index contributed by atoms with van der Waals surface area (Å²) in [5.74, 6) is 2.50. The number of aryl methyl sites for hydroxylation is 2. The van der Waals surface area contributed by atoms with E-state index in [-0.39, 0.29) is 12.0 Å². The Morgan fingerprint density at radius 3 is 2.30 bits per heavy atom. The lowest BCUT2D eigenvalue weighted by atomic mass is 9.52. The number of carbonyl (C=O) groups is 2. The number of carbonyl (C=O) groups excluding carboxylic acids is 2. The summed E-state index contributed by atoms with van der Waals surface area (Å²) in [6.07, 6.45) is 8.61. The first-order valence-corrected chi connectivity index (χ1v) is 14.4. The molecule has 2 heterocycles. The number of nitrogens with one attached hydrogen (secondary N) is 2. The van der Waals surface area contributed by atoms with Gasteiger partial charge in [0.05, 0.1) is 18.2 Å². The van der Waals surface area contributed by atoms with Gasteiger partial charge in [-0.25, -0.2) is 9.59 Å². The van der Waals surface area contributed by atoms with Crippen molar-refractivity contribution < 1.29 is 14.3 Å². The molecule has 5 fully saturated rings. The van der Waals surface area contributed by atoms with Gasteiger partial charge in [0.1, 0.15) is 0 Å². The quantitative estimate of drug-likeness (QED) is 0.570. The van der Waals surface area contributed by atoms with Crippen LogP contribution in [0.2, 0.25) is 0 Å². The average Bonchev–Trinajstić information content (AvgIpc) is 2.85. The summed E-state index contributed by atoms with van der Waals surface area (Å²) >= 11 is 0. The van der Waals surface area contributed by atoms with E-state index in [0.717, 1.165) is 60.6 Å². The van der Waals surface area contributed by atoms with Crippen LogP contribution in [0.5, 0.6) is 0 Å². The van der Waals surface area contributed by atoms with Gasteiger partial charge in [-0.3, -0.25) is 9.80 Å². The molecule has 0 spiro atoms. The molecule has 0 aromatic heterocycles. The van der Waals surface area contributed by atoms with Gasteiger partial charge < -0.3 is 15.4 Å². The summed E-state index contributed by atoms with van der Waals surface area (Å²) in [7, 11) is 0. The summed E-state index contributed by atoms with van der Waals surface area (Å²) < 4.78 is 5.50. The summed E-state index contributed by atoms with van der Waals surface area (Å²) in [6.45, 7) is 10.8. The molecular formula is C30H42N4O3. The third-order valence-electron chi connectivity index (χ3n) is 9.83. The first-order valence-electron chi connectivity index (χ1n) is 14.4. The van der Waals surface area contributed by atoms with Gasteiger partial charge in [0.25, 0.3) is 0 Å². The second-order valence-electron chi connectivity index (χ2n) is 12.4. The largest absolute Gasteiger partial charge is 0.463 e. The van der Waals surface area contributed by atoms with Crippen molar-refractivity contribution >= 4 is 12.0 Å². The zero-order valence-electron chi connectivity index (χ0n) is 22.6. The number of benzene rings is 1. The summed E-state index contributed by atoms with van der Waals surface area (Å²) in [4.78, 5) is 31.3. The Morgan fingerprint density at radius 2 is 1.68 bits per heavy atom. The highest BCUT2D eigenvalue weighted by Crippen LogP contribution is 2.57. The number of urea groups is 1. The van der Waals surface area contributed by atoms with Crippen molar-refractivity contribution in [1.82, 2.24) is 20.4 Å². The number of hydrogen-bond acceptors (Lipinski definition) is 5. The first kappa shape index (κ1) is 24.9. The Balaban J connectivity index is 1.21. The SMILES string of the molecule is CCOC(=O)C1=C(CN2CCN(C34CC5CC(CC(C5)C3)C4)CC2)NC(=O)N[C@H]1c1cc(C)ccc1C. The van der Waals surface area contributed by atoms with Crippen LogP contribution in [0.4, 0.5) is 4.79 Å². The fraction of sp³-hybridized carbons (Fsp3) is 0.667. The molecule has 7 rings (SSSR count). The Morgan fingerprint density at radius 1 is 1.03 bits per heavy atom. The highest BCUT2D eigenvalue weighted by Gasteiger charge is 2.53. The predicted molar refractivity (Wildman–Crippen MR) is 143 cm³/mol. The summed E-state index contributed by atoms with van der Waals surface area (Å²) in [5, 5.41) is 5.98. The van der Waals surface area contributed by atoms with E-state index in [1.807, 2.05) is 26.8 Å². The van der Waals surface area contributed by atoms with Gasteiger partial charge in [0.15, 0.2) is 0 Å². The minimum absolute atomic E-state index is 0.263. The molecule has 0 unspecified atom stereocenters. The van der Waals surface area contributed by atoms with Crippen LogP contribution in [0.15, 0.2) is 29.5 Å². The van der Waals surface area contributed by atoms with E-state index < -0.39 is 6.04 Å².